The first kappa shape index (κ1) is 22.8. The van der Waals surface area contributed by atoms with Crippen LogP contribution in [0.4, 0.5) is 0 Å². The predicted molar refractivity (Wildman–Crippen MR) is 116 cm³/mol. The lowest BCUT2D eigenvalue weighted by molar-refractivity contribution is -0.141. The summed E-state index contributed by atoms with van der Waals surface area (Å²) in [6.45, 7) is 6.51. The van der Waals surface area contributed by atoms with E-state index in [1.165, 1.54) is 0 Å². The average molecular weight is 417 g/mol. The summed E-state index contributed by atoms with van der Waals surface area (Å²) in [5, 5.41) is 3.51. The summed E-state index contributed by atoms with van der Waals surface area (Å²) in [7, 11) is 0. The third kappa shape index (κ3) is 7.09. The van der Waals surface area contributed by atoms with Crippen molar-refractivity contribution in [3.8, 4) is 5.75 Å². The molecule has 0 spiro atoms. The summed E-state index contributed by atoms with van der Waals surface area (Å²) < 4.78 is 5.67. The van der Waals surface area contributed by atoms with Crippen molar-refractivity contribution in [2.75, 3.05) is 19.7 Å². The van der Waals surface area contributed by atoms with Crippen LogP contribution in [0.3, 0.4) is 0 Å². The lowest BCUT2D eigenvalue weighted by atomic mass is 10.1. The van der Waals surface area contributed by atoms with Crippen molar-refractivity contribution in [3.05, 3.63) is 64.7 Å². The van der Waals surface area contributed by atoms with Crippen LogP contribution in [0.15, 0.2) is 48.5 Å². The molecule has 0 aliphatic carbocycles. The molecule has 1 atom stereocenters. The van der Waals surface area contributed by atoms with Crippen molar-refractivity contribution in [1.82, 2.24) is 10.2 Å². The Kier molecular flexibility index (Phi) is 9.00. The molecule has 2 amide bonds. The molecule has 0 saturated carbocycles. The number of hydrogen-bond donors (Lipinski definition) is 1. The van der Waals surface area contributed by atoms with E-state index in [-0.39, 0.29) is 18.4 Å². The summed E-state index contributed by atoms with van der Waals surface area (Å²) in [5.74, 6) is 0.189. The van der Waals surface area contributed by atoms with Crippen LogP contribution in [0.1, 0.15) is 31.4 Å². The number of ether oxygens (including phenoxy) is 1. The molecule has 29 heavy (non-hydrogen) atoms. The first-order valence-corrected chi connectivity index (χ1v) is 10.3. The molecule has 0 bridgehead atoms. The second-order valence-electron chi connectivity index (χ2n) is 6.99. The van der Waals surface area contributed by atoms with Gasteiger partial charge in [0.2, 0.25) is 5.91 Å². The van der Waals surface area contributed by atoms with Crippen molar-refractivity contribution < 1.29 is 14.3 Å². The zero-order valence-corrected chi connectivity index (χ0v) is 18.0. The topological polar surface area (TPSA) is 58.6 Å². The Hall–Kier alpha value is -2.53. The summed E-state index contributed by atoms with van der Waals surface area (Å²) in [6.07, 6.45) is 1.51. The van der Waals surface area contributed by atoms with Gasteiger partial charge in [-0.25, -0.2) is 0 Å². The van der Waals surface area contributed by atoms with Gasteiger partial charge in [0.25, 0.3) is 5.91 Å². The van der Waals surface area contributed by atoms with Crippen LogP contribution in [0.2, 0.25) is 5.02 Å². The molecule has 0 aromatic heterocycles. The molecule has 2 aromatic rings. The lowest BCUT2D eigenvalue weighted by Crippen LogP contribution is -2.50. The molecule has 0 aliphatic heterocycles. The summed E-state index contributed by atoms with van der Waals surface area (Å²) >= 11 is 6.04. The first-order valence-electron chi connectivity index (χ1n) is 9.92. The predicted octanol–water partition coefficient (Wildman–Crippen LogP) is 4.01. The Morgan fingerprint density at radius 2 is 1.90 bits per heavy atom. The van der Waals surface area contributed by atoms with Gasteiger partial charge in [-0.05, 0) is 56.0 Å². The van der Waals surface area contributed by atoms with Crippen molar-refractivity contribution in [2.24, 2.45) is 0 Å². The maximum absolute atomic E-state index is 12.9. The van der Waals surface area contributed by atoms with Gasteiger partial charge in [0.1, 0.15) is 11.8 Å². The van der Waals surface area contributed by atoms with Gasteiger partial charge in [0.05, 0.1) is 0 Å². The van der Waals surface area contributed by atoms with Crippen molar-refractivity contribution in [2.45, 2.75) is 39.7 Å². The van der Waals surface area contributed by atoms with Crippen LogP contribution in [0.5, 0.6) is 5.75 Å². The minimum Gasteiger partial charge on any atom is -0.484 e. The number of amides is 2. The number of hydrogen-bond acceptors (Lipinski definition) is 3. The molecule has 0 fully saturated rings. The van der Waals surface area contributed by atoms with Crippen LogP contribution >= 0.6 is 11.6 Å². The minimum atomic E-state index is -0.576. The highest BCUT2D eigenvalue weighted by molar-refractivity contribution is 6.31. The van der Waals surface area contributed by atoms with Gasteiger partial charge in [0, 0.05) is 18.1 Å². The number of nitrogens with one attached hydrogen (secondary N) is 1. The number of carbonyl (C=O) groups is 2. The van der Waals surface area contributed by atoms with Gasteiger partial charge in [-0.2, -0.15) is 0 Å². The molecule has 5 nitrogen and oxygen atoms in total. The minimum absolute atomic E-state index is 0.138. The van der Waals surface area contributed by atoms with E-state index in [1.807, 2.05) is 44.2 Å². The van der Waals surface area contributed by atoms with E-state index in [0.717, 1.165) is 17.5 Å². The van der Waals surface area contributed by atoms with E-state index in [4.69, 9.17) is 16.3 Å². The van der Waals surface area contributed by atoms with Crippen LogP contribution < -0.4 is 10.1 Å². The number of rotatable bonds is 10. The molecule has 6 heteroatoms. The molecule has 0 aliphatic rings. The Morgan fingerprint density at radius 1 is 1.17 bits per heavy atom. The Labute approximate surface area is 178 Å². The Balaban J connectivity index is 2.05. The highest BCUT2D eigenvalue weighted by Gasteiger charge is 2.25. The fraction of sp³-hybridized carbons (Fsp3) is 0.391. The van der Waals surface area contributed by atoms with E-state index in [2.05, 4.69) is 5.32 Å². The van der Waals surface area contributed by atoms with Gasteiger partial charge < -0.3 is 15.0 Å². The molecule has 0 heterocycles. The van der Waals surface area contributed by atoms with E-state index >= 15 is 0 Å². The number of halogens is 1. The number of benzene rings is 2. The third-order valence-electron chi connectivity index (χ3n) is 4.69. The van der Waals surface area contributed by atoms with Crippen molar-refractivity contribution in [1.29, 1.82) is 0 Å². The second-order valence-corrected chi connectivity index (χ2v) is 7.40. The fourth-order valence-electron chi connectivity index (χ4n) is 2.90. The average Bonchev–Trinajstić information content (AvgIpc) is 2.73. The highest BCUT2D eigenvalue weighted by atomic mass is 35.5. The second kappa shape index (κ2) is 11.5. The molecule has 156 valence electrons. The molecule has 2 aromatic carbocycles. The number of aryl methyl sites for hydroxylation is 1. The normalized spacial score (nSPS) is 11.6. The Bertz CT molecular complexity index is 811. The van der Waals surface area contributed by atoms with Gasteiger partial charge in [-0.1, -0.05) is 48.9 Å². The smallest absolute Gasteiger partial charge is 0.261 e. The Morgan fingerprint density at radius 3 is 2.55 bits per heavy atom. The molecule has 0 saturated heterocycles. The van der Waals surface area contributed by atoms with E-state index in [9.17, 15) is 9.59 Å². The number of carbonyl (C=O) groups excluding carboxylic acids is 2. The molecule has 1 N–H and O–H groups in total. The zero-order valence-electron chi connectivity index (χ0n) is 17.3. The first-order chi connectivity index (χ1) is 13.9. The van der Waals surface area contributed by atoms with E-state index in [1.54, 1.807) is 30.0 Å². The maximum Gasteiger partial charge on any atom is 0.261 e. The lowest BCUT2D eigenvalue weighted by Gasteiger charge is -2.28. The third-order valence-corrected chi connectivity index (χ3v) is 5.12. The monoisotopic (exact) mass is 416 g/mol. The van der Waals surface area contributed by atoms with Crippen molar-refractivity contribution in [3.63, 3.8) is 0 Å². The summed E-state index contributed by atoms with van der Waals surface area (Å²) in [6, 6.07) is 14.6. The SMILES string of the molecule is CCCNC(=O)[C@H](C)N(CCc1ccccc1)C(=O)COc1ccc(Cl)c(C)c1. The van der Waals surface area contributed by atoms with E-state index in [0.29, 0.717) is 30.3 Å². The molecular formula is C23H29ClN2O3. The summed E-state index contributed by atoms with van der Waals surface area (Å²) in [4.78, 5) is 26.9. The van der Waals surface area contributed by atoms with Crippen LogP contribution in [0.25, 0.3) is 0 Å². The van der Waals surface area contributed by atoms with Gasteiger partial charge in [-0.3, -0.25) is 9.59 Å². The zero-order chi connectivity index (χ0) is 21.2. The van der Waals surface area contributed by atoms with Crippen molar-refractivity contribution >= 4 is 23.4 Å². The number of nitrogens with zero attached hydrogens (tertiary/aromatic N) is 1. The van der Waals surface area contributed by atoms with E-state index < -0.39 is 6.04 Å². The quantitative estimate of drug-likeness (QED) is 0.636. The molecule has 0 unspecified atom stereocenters. The van der Waals surface area contributed by atoms with Gasteiger partial charge in [-0.15, -0.1) is 0 Å². The fourth-order valence-corrected chi connectivity index (χ4v) is 3.02. The molecule has 0 radical (unpaired) electrons. The van der Waals surface area contributed by atoms with Crippen LogP contribution in [0, 0.1) is 6.92 Å². The highest BCUT2D eigenvalue weighted by Crippen LogP contribution is 2.21. The largest absolute Gasteiger partial charge is 0.484 e. The standard InChI is InChI=1S/C23H29ClN2O3/c1-4-13-25-23(28)18(3)26(14-12-19-8-6-5-7-9-19)22(27)16-29-20-10-11-21(24)17(2)15-20/h5-11,15,18H,4,12-14,16H2,1-3H3,(H,25,28)/t18-/m0/s1. The van der Waals surface area contributed by atoms with Crippen LogP contribution in [-0.2, 0) is 16.0 Å². The van der Waals surface area contributed by atoms with Gasteiger partial charge >= 0.3 is 0 Å². The maximum atomic E-state index is 12.9. The van der Waals surface area contributed by atoms with Gasteiger partial charge in [0.15, 0.2) is 6.61 Å². The van der Waals surface area contributed by atoms with Crippen LogP contribution in [-0.4, -0.2) is 42.5 Å². The summed E-state index contributed by atoms with van der Waals surface area (Å²) in [5.41, 5.74) is 1.99. The molecular weight excluding hydrogens is 388 g/mol. The molecule has 2 rings (SSSR count).